The van der Waals surface area contributed by atoms with Crippen LogP contribution in [0.5, 0.6) is 0 Å². The maximum absolute atomic E-state index is 13.4. The number of hydrogen-bond acceptors (Lipinski definition) is 5. The van der Waals surface area contributed by atoms with E-state index >= 15 is 0 Å². The maximum Gasteiger partial charge on any atom is 0.413 e. The van der Waals surface area contributed by atoms with Crippen molar-refractivity contribution in [1.82, 2.24) is 14.9 Å². The van der Waals surface area contributed by atoms with Gasteiger partial charge >= 0.3 is 6.09 Å². The van der Waals surface area contributed by atoms with E-state index in [1.54, 1.807) is 36.4 Å². The van der Waals surface area contributed by atoms with Crippen LogP contribution in [0.1, 0.15) is 39.9 Å². The summed E-state index contributed by atoms with van der Waals surface area (Å²) in [6.07, 6.45) is 1.63. The lowest BCUT2D eigenvalue weighted by atomic mass is 9.93. The van der Waals surface area contributed by atoms with Crippen molar-refractivity contribution >= 4 is 29.0 Å². The van der Waals surface area contributed by atoms with Gasteiger partial charge in [0.05, 0.1) is 17.6 Å². The number of aromatic amines is 1. The fourth-order valence-corrected chi connectivity index (χ4v) is 4.57. The number of hydrogen-bond donors (Lipinski definition) is 3. The molecular formula is C27H24N4O4. The highest BCUT2D eigenvalue weighted by molar-refractivity contribution is 6.00. The van der Waals surface area contributed by atoms with Gasteiger partial charge in [-0.05, 0) is 42.5 Å². The standard InChI is InChI=1S/C27H24N4O4/c32-24-20-8-4-5-9-21(20)27(34,31(24)15-17-6-2-1-3-7-17)19-12-13-22-23(14-19)29-25(28-22)30-26(33)35-16-18-10-11-18/h1-9,12-14,18,34H,10-11,15-16H2,(H2,28,29,30,33). The van der Waals surface area contributed by atoms with E-state index < -0.39 is 11.8 Å². The molecule has 1 aromatic heterocycles. The average Bonchev–Trinajstić information content (AvgIpc) is 3.59. The van der Waals surface area contributed by atoms with Gasteiger partial charge in [0.1, 0.15) is 0 Å². The lowest BCUT2D eigenvalue weighted by Gasteiger charge is -2.35. The highest BCUT2D eigenvalue weighted by Crippen LogP contribution is 2.43. The van der Waals surface area contributed by atoms with Crippen LogP contribution in [-0.2, 0) is 17.0 Å². The molecule has 0 radical (unpaired) electrons. The van der Waals surface area contributed by atoms with Crippen molar-refractivity contribution in [1.29, 1.82) is 0 Å². The molecule has 2 aliphatic rings. The van der Waals surface area contributed by atoms with Crippen molar-refractivity contribution in [2.24, 2.45) is 5.92 Å². The number of carbonyl (C=O) groups is 2. The second kappa shape index (κ2) is 8.25. The molecule has 2 amide bonds. The van der Waals surface area contributed by atoms with Crippen LogP contribution < -0.4 is 5.32 Å². The molecule has 0 bridgehead atoms. The Balaban J connectivity index is 1.35. The van der Waals surface area contributed by atoms with Crippen molar-refractivity contribution in [2.75, 3.05) is 11.9 Å². The molecule has 176 valence electrons. The molecule has 35 heavy (non-hydrogen) atoms. The Hall–Kier alpha value is -4.17. The number of carbonyl (C=O) groups excluding carboxylic acids is 2. The topological polar surface area (TPSA) is 108 Å². The molecule has 1 fully saturated rings. The molecular weight excluding hydrogens is 444 g/mol. The summed E-state index contributed by atoms with van der Waals surface area (Å²) >= 11 is 0. The quantitative estimate of drug-likeness (QED) is 0.390. The minimum Gasteiger partial charge on any atom is -0.449 e. The molecule has 1 unspecified atom stereocenters. The minimum atomic E-state index is -1.67. The average molecular weight is 469 g/mol. The van der Waals surface area contributed by atoms with Crippen molar-refractivity contribution < 1.29 is 19.4 Å². The molecule has 0 saturated heterocycles. The third-order valence-corrected chi connectivity index (χ3v) is 6.61. The fraction of sp³-hybridized carbons (Fsp3) is 0.222. The summed E-state index contributed by atoms with van der Waals surface area (Å²) in [6, 6.07) is 22.0. The number of ether oxygens (including phenoxy) is 1. The van der Waals surface area contributed by atoms with Gasteiger partial charge in [-0.1, -0.05) is 54.6 Å². The van der Waals surface area contributed by atoms with E-state index in [2.05, 4.69) is 15.3 Å². The predicted molar refractivity (Wildman–Crippen MR) is 130 cm³/mol. The number of nitrogens with zero attached hydrogens (tertiary/aromatic N) is 2. The van der Waals surface area contributed by atoms with Crippen LogP contribution in [0, 0.1) is 5.92 Å². The van der Waals surface area contributed by atoms with Crippen LogP contribution in [0.2, 0.25) is 0 Å². The van der Waals surface area contributed by atoms with Crippen molar-refractivity contribution in [3.8, 4) is 0 Å². The number of anilines is 1. The summed E-state index contributed by atoms with van der Waals surface area (Å²) in [5, 5.41) is 14.7. The van der Waals surface area contributed by atoms with Crippen LogP contribution in [0.15, 0.2) is 72.8 Å². The molecule has 1 atom stereocenters. The van der Waals surface area contributed by atoms with Gasteiger partial charge < -0.3 is 14.8 Å². The first-order valence-corrected chi connectivity index (χ1v) is 11.6. The third kappa shape index (κ3) is 3.81. The third-order valence-electron chi connectivity index (χ3n) is 6.61. The zero-order chi connectivity index (χ0) is 24.0. The molecule has 4 aromatic rings. The van der Waals surface area contributed by atoms with Crippen LogP contribution in [-0.4, -0.2) is 38.6 Å². The Labute approximate surface area is 201 Å². The van der Waals surface area contributed by atoms with Crippen LogP contribution >= 0.6 is 0 Å². The van der Waals surface area contributed by atoms with Crippen LogP contribution in [0.25, 0.3) is 11.0 Å². The number of H-pyrrole nitrogens is 1. The van der Waals surface area contributed by atoms with Gasteiger partial charge in [-0.15, -0.1) is 0 Å². The number of fused-ring (bicyclic) bond motifs is 2. The fourth-order valence-electron chi connectivity index (χ4n) is 4.57. The molecule has 2 heterocycles. The predicted octanol–water partition coefficient (Wildman–Crippen LogP) is 4.37. The van der Waals surface area contributed by atoms with E-state index in [9.17, 15) is 14.7 Å². The highest BCUT2D eigenvalue weighted by atomic mass is 16.5. The smallest absolute Gasteiger partial charge is 0.413 e. The maximum atomic E-state index is 13.4. The number of amides is 2. The van der Waals surface area contributed by atoms with Gasteiger partial charge in [0.2, 0.25) is 5.95 Å². The van der Waals surface area contributed by atoms with E-state index in [-0.39, 0.29) is 18.4 Å². The number of aliphatic hydroxyl groups is 1. The van der Waals surface area contributed by atoms with Crippen LogP contribution in [0.4, 0.5) is 10.7 Å². The molecule has 8 heteroatoms. The molecule has 0 spiro atoms. The Morgan fingerprint density at radius 2 is 1.89 bits per heavy atom. The van der Waals surface area contributed by atoms with E-state index in [0.29, 0.717) is 40.2 Å². The minimum absolute atomic E-state index is 0.239. The van der Waals surface area contributed by atoms with E-state index in [4.69, 9.17) is 4.74 Å². The summed E-state index contributed by atoms with van der Waals surface area (Å²) in [5.41, 5.74) is 1.96. The number of aromatic nitrogens is 2. The number of benzene rings is 3. The first kappa shape index (κ1) is 21.4. The summed E-state index contributed by atoms with van der Waals surface area (Å²) in [7, 11) is 0. The summed E-state index contributed by atoms with van der Waals surface area (Å²) in [4.78, 5) is 34.4. The molecule has 1 saturated carbocycles. The second-order valence-corrected chi connectivity index (χ2v) is 9.08. The Morgan fingerprint density at radius 3 is 2.69 bits per heavy atom. The largest absolute Gasteiger partial charge is 0.449 e. The van der Waals surface area contributed by atoms with Gasteiger partial charge in [0, 0.05) is 23.2 Å². The molecule has 8 nitrogen and oxygen atoms in total. The van der Waals surface area contributed by atoms with E-state index in [1.807, 2.05) is 36.4 Å². The van der Waals surface area contributed by atoms with Gasteiger partial charge in [-0.25, -0.2) is 9.78 Å². The Morgan fingerprint density at radius 1 is 1.11 bits per heavy atom. The molecule has 1 aliphatic heterocycles. The van der Waals surface area contributed by atoms with E-state index in [0.717, 1.165) is 18.4 Å². The molecule has 6 rings (SSSR count). The first-order chi connectivity index (χ1) is 17.0. The van der Waals surface area contributed by atoms with Gasteiger partial charge in [0.25, 0.3) is 5.91 Å². The Bertz CT molecular complexity index is 1430. The van der Waals surface area contributed by atoms with Crippen molar-refractivity contribution in [3.05, 3.63) is 95.1 Å². The normalized spacial score (nSPS) is 19.1. The van der Waals surface area contributed by atoms with Crippen molar-refractivity contribution in [2.45, 2.75) is 25.1 Å². The molecule has 1 aliphatic carbocycles. The number of rotatable bonds is 6. The summed E-state index contributed by atoms with van der Waals surface area (Å²) in [6.45, 7) is 0.650. The first-order valence-electron chi connectivity index (χ1n) is 11.6. The Kier molecular flexibility index (Phi) is 5.04. The number of nitrogens with one attached hydrogen (secondary N) is 2. The zero-order valence-corrected chi connectivity index (χ0v) is 18.9. The SMILES string of the molecule is O=C(Nc1nc2cc(C3(O)c4ccccc4C(=O)N3Cc3ccccc3)ccc2[nH]1)OCC1CC1. The zero-order valence-electron chi connectivity index (χ0n) is 18.9. The monoisotopic (exact) mass is 468 g/mol. The second-order valence-electron chi connectivity index (χ2n) is 9.08. The molecule has 3 aromatic carbocycles. The lowest BCUT2D eigenvalue weighted by molar-refractivity contribution is -0.0542. The number of imidazole rings is 1. The van der Waals surface area contributed by atoms with Crippen molar-refractivity contribution in [3.63, 3.8) is 0 Å². The summed E-state index contributed by atoms with van der Waals surface area (Å²) < 4.78 is 5.21. The van der Waals surface area contributed by atoms with E-state index in [1.165, 1.54) is 4.90 Å². The lowest BCUT2D eigenvalue weighted by Crippen LogP contribution is -2.44. The van der Waals surface area contributed by atoms with Gasteiger partial charge in [0.15, 0.2) is 5.72 Å². The van der Waals surface area contributed by atoms with Crippen LogP contribution in [0.3, 0.4) is 0 Å². The van der Waals surface area contributed by atoms with Gasteiger partial charge in [-0.2, -0.15) is 0 Å². The van der Waals surface area contributed by atoms with Gasteiger partial charge in [-0.3, -0.25) is 15.0 Å². The molecule has 3 N–H and O–H groups in total. The summed E-state index contributed by atoms with van der Waals surface area (Å²) in [5.74, 6) is 0.486. The highest BCUT2D eigenvalue weighted by Gasteiger charge is 2.49.